The number of para-hydroxylation sites is 1. The van der Waals surface area contributed by atoms with Crippen LogP contribution in [0.1, 0.15) is 47.2 Å². The van der Waals surface area contributed by atoms with Gasteiger partial charge in [0, 0.05) is 16.5 Å². The van der Waals surface area contributed by atoms with Crippen LogP contribution in [0, 0.1) is 0 Å². The highest BCUT2D eigenvalue weighted by atomic mass is 16.5. The van der Waals surface area contributed by atoms with Crippen LogP contribution in [-0.4, -0.2) is 0 Å². The summed E-state index contributed by atoms with van der Waals surface area (Å²) in [6.07, 6.45) is 0. The lowest BCUT2D eigenvalue weighted by molar-refractivity contribution is 0.437. The van der Waals surface area contributed by atoms with Gasteiger partial charge in [-0.05, 0) is 67.8 Å². The summed E-state index contributed by atoms with van der Waals surface area (Å²) in [6, 6.07) is 49.0. The second-order valence-corrected chi connectivity index (χ2v) is 12.0. The largest absolute Gasteiger partial charge is 0.457 e. The second-order valence-electron chi connectivity index (χ2n) is 12.0. The lowest BCUT2D eigenvalue weighted by Gasteiger charge is -2.41. The molecule has 3 aliphatic rings. The third-order valence-corrected chi connectivity index (χ3v) is 9.76. The van der Waals surface area contributed by atoms with Crippen molar-refractivity contribution in [2.75, 3.05) is 0 Å². The first-order valence-corrected chi connectivity index (χ1v) is 14.5. The van der Waals surface area contributed by atoms with Gasteiger partial charge in [0.05, 0.1) is 5.41 Å². The van der Waals surface area contributed by atoms with Gasteiger partial charge in [0.2, 0.25) is 0 Å². The minimum atomic E-state index is -0.496. The summed E-state index contributed by atoms with van der Waals surface area (Å²) in [5.41, 5.74) is 15.0. The van der Waals surface area contributed by atoms with Crippen molar-refractivity contribution in [2.24, 2.45) is 0 Å². The molecule has 194 valence electrons. The van der Waals surface area contributed by atoms with Crippen LogP contribution in [0.2, 0.25) is 0 Å². The molecule has 1 heteroatoms. The van der Waals surface area contributed by atoms with E-state index >= 15 is 0 Å². The fourth-order valence-electron chi connectivity index (χ4n) is 8.12. The molecule has 0 bridgehead atoms. The Hall–Kier alpha value is -4.88. The van der Waals surface area contributed by atoms with Crippen molar-refractivity contribution in [1.82, 2.24) is 0 Å². The predicted molar refractivity (Wildman–Crippen MR) is 167 cm³/mol. The summed E-state index contributed by atoms with van der Waals surface area (Å²) < 4.78 is 6.79. The molecule has 0 aromatic heterocycles. The zero-order valence-electron chi connectivity index (χ0n) is 23.1. The molecule has 6 aromatic carbocycles. The molecule has 0 fully saturated rings. The normalized spacial score (nSPS) is 15.7. The van der Waals surface area contributed by atoms with Gasteiger partial charge in [0.15, 0.2) is 0 Å². The Morgan fingerprint density at radius 3 is 1.61 bits per heavy atom. The molecule has 0 unspecified atom stereocenters. The van der Waals surface area contributed by atoms with Gasteiger partial charge in [0.25, 0.3) is 0 Å². The van der Waals surface area contributed by atoms with Gasteiger partial charge in [-0.15, -0.1) is 0 Å². The number of rotatable bonds is 1. The minimum Gasteiger partial charge on any atom is -0.457 e. The predicted octanol–water partition coefficient (Wildman–Crippen LogP) is 10.1. The maximum atomic E-state index is 6.79. The Morgan fingerprint density at radius 2 is 0.878 bits per heavy atom. The molecular formula is C40H28O. The number of hydrogen-bond acceptors (Lipinski definition) is 1. The highest BCUT2D eigenvalue weighted by molar-refractivity contribution is 5.97. The molecule has 0 amide bonds. The molecule has 0 atom stereocenters. The van der Waals surface area contributed by atoms with Crippen LogP contribution >= 0.6 is 0 Å². The molecule has 0 N–H and O–H groups in total. The van der Waals surface area contributed by atoms with Crippen LogP contribution in [-0.2, 0) is 10.8 Å². The number of benzene rings is 6. The highest BCUT2D eigenvalue weighted by Gasteiger charge is 2.52. The van der Waals surface area contributed by atoms with E-state index in [-0.39, 0.29) is 5.41 Å². The van der Waals surface area contributed by atoms with Crippen molar-refractivity contribution in [3.8, 4) is 44.9 Å². The minimum absolute atomic E-state index is 0.0654. The van der Waals surface area contributed by atoms with E-state index in [1.54, 1.807) is 0 Å². The summed E-state index contributed by atoms with van der Waals surface area (Å²) >= 11 is 0. The van der Waals surface area contributed by atoms with Crippen LogP contribution < -0.4 is 4.74 Å². The van der Waals surface area contributed by atoms with E-state index in [0.717, 1.165) is 11.5 Å². The molecule has 6 aromatic rings. The van der Waals surface area contributed by atoms with Crippen molar-refractivity contribution in [3.05, 3.63) is 167 Å². The van der Waals surface area contributed by atoms with Crippen LogP contribution in [0.3, 0.4) is 0 Å². The summed E-state index contributed by atoms with van der Waals surface area (Å²) in [5, 5.41) is 0. The molecule has 0 saturated carbocycles. The molecule has 1 aliphatic heterocycles. The summed E-state index contributed by atoms with van der Waals surface area (Å²) in [7, 11) is 0. The van der Waals surface area contributed by atoms with E-state index in [2.05, 4.69) is 147 Å². The number of fused-ring (bicyclic) bond motifs is 12. The van der Waals surface area contributed by atoms with Gasteiger partial charge in [-0.2, -0.15) is 0 Å². The van der Waals surface area contributed by atoms with E-state index in [0.29, 0.717) is 0 Å². The third-order valence-electron chi connectivity index (χ3n) is 9.76. The summed E-state index contributed by atoms with van der Waals surface area (Å²) in [6.45, 7) is 4.71. The highest BCUT2D eigenvalue weighted by Crippen LogP contribution is 2.64. The topological polar surface area (TPSA) is 9.23 Å². The Morgan fingerprint density at radius 1 is 0.390 bits per heavy atom. The van der Waals surface area contributed by atoms with Crippen LogP contribution in [0.25, 0.3) is 33.4 Å². The van der Waals surface area contributed by atoms with Gasteiger partial charge >= 0.3 is 0 Å². The third kappa shape index (κ3) is 2.71. The van der Waals surface area contributed by atoms with E-state index in [9.17, 15) is 0 Å². The summed E-state index contributed by atoms with van der Waals surface area (Å²) in [5.74, 6) is 1.85. The SMILES string of the molecule is CC1(C)c2ccccc2-c2c(-c3cccc4c3C3(c5ccccc5O4)c4ccccc4-c4ccccc43)cccc21. The average Bonchev–Trinajstić information content (AvgIpc) is 3.44. The first-order valence-electron chi connectivity index (χ1n) is 14.5. The fraction of sp³-hybridized carbons (Fsp3) is 0.100. The molecule has 2 aliphatic carbocycles. The fourth-order valence-corrected chi connectivity index (χ4v) is 8.12. The van der Waals surface area contributed by atoms with Gasteiger partial charge in [-0.1, -0.05) is 135 Å². The quantitative estimate of drug-likeness (QED) is 0.208. The van der Waals surface area contributed by atoms with Gasteiger partial charge in [0.1, 0.15) is 11.5 Å². The monoisotopic (exact) mass is 524 g/mol. The molecular weight excluding hydrogens is 496 g/mol. The Kier molecular flexibility index (Phi) is 4.39. The van der Waals surface area contributed by atoms with E-state index in [4.69, 9.17) is 4.74 Å². The average molecular weight is 525 g/mol. The Labute approximate surface area is 240 Å². The van der Waals surface area contributed by atoms with E-state index in [1.165, 1.54) is 66.8 Å². The van der Waals surface area contributed by atoms with Crippen molar-refractivity contribution in [3.63, 3.8) is 0 Å². The lowest BCUT2D eigenvalue weighted by Crippen LogP contribution is -2.32. The zero-order chi connectivity index (χ0) is 27.3. The first kappa shape index (κ1) is 22.9. The van der Waals surface area contributed by atoms with Crippen molar-refractivity contribution < 1.29 is 4.74 Å². The van der Waals surface area contributed by atoms with Crippen LogP contribution in [0.4, 0.5) is 0 Å². The number of hydrogen-bond donors (Lipinski definition) is 0. The molecule has 1 heterocycles. The van der Waals surface area contributed by atoms with Crippen LogP contribution in [0.5, 0.6) is 11.5 Å². The van der Waals surface area contributed by atoms with Gasteiger partial charge in [-0.3, -0.25) is 0 Å². The van der Waals surface area contributed by atoms with Crippen LogP contribution in [0.15, 0.2) is 133 Å². The lowest BCUT2D eigenvalue weighted by atomic mass is 9.64. The molecule has 0 radical (unpaired) electrons. The van der Waals surface area contributed by atoms with E-state index in [1.807, 2.05) is 0 Å². The first-order chi connectivity index (χ1) is 20.1. The van der Waals surface area contributed by atoms with Gasteiger partial charge < -0.3 is 4.74 Å². The second kappa shape index (κ2) is 7.86. The standard InChI is InChI=1S/C40H28O/c1-39(2)30-18-6-5-15-29(30)37-27(16-11-22-34(37)39)28-17-12-24-36-38(28)40(33-21-9-10-23-35(33)41-36)31-19-7-3-13-25(31)26-14-4-8-20-32(26)40/h3-24H,1-2H3. The van der Waals surface area contributed by atoms with Crippen molar-refractivity contribution in [2.45, 2.75) is 24.7 Å². The maximum absolute atomic E-state index is 6.79. The Balaban J connectivity index is 1.45. The van der Waals surface area contributed by atoms with Crippen molar-refractivity contribution in [1.29, 1.82) is 0 Å². The molecule has 1 spiro atoms. The smallest absolute Gasteiger partial charge is 0.132 e. The molecule has 41 heavy (non-hydrogen) atoms. The van der Waals surface area contributed by atoms with E-state index < -0.39 is 5.41 Å². The molecule has 0 saturated heterocycles. The Bertz CT molecular complexity index is 2020. The molecule has 9 rings (SSSR count). The maximum Gasteiger partial charge on any atom is 0.132 e. The van der Waals surface area contributed by atoms with Gasteiger partial charge in [-0.25, -0.2) is 0 Å². The summed E-state index contributed by atoms with van der Waals surface area (Å²) in [4.78, 5) is 0. The molecule has 1 nitrogen and oxygen atoms in total. The zero-order valence-corrected chi connectivity index (χ0v) is 23.1. The van der Waals surface area contributed by atoms with Crippen molar-refractivity contribution >= 4 is 0 Å². The number of ether oxygens (including phenoxy) is 1.